The van der Waals surface area contributed by atoms with Crippen molar-refractivity contribution in [2.75, 3.05) is 6.54 Å². The average molecular weight is 284 g/mol. The second kappa shape index (κ2) is 5.21. The first kappa shape index (κ1) is 17.3. The zero-order valence-electron chi connectivity index (χ0n) is 14.3. The van der Waals surface area contributed by atoms with Gasteiger partial charge in [-0.2, -0.15) is 0 Å². The molecule has 0 saturated heterocycles. The Morgan fingerprint density at radius 1 is 1.25 bits per heavy atom. The number of carbonyl (C=O) groups excluding carboxylic acids is 1. The number of amides is 1. The van der Waals surface area contributed by atoms with Crippen LogP contribution in [0.25, 0.3) is 0 Å². The van der Waals surface area contributed by atoms with Gasteiger partial charge in [0.15, 0.2) is 0 Å². The van der Waals surface area contributed by atoms with Crippen molar-refractivity contribution in [2.45, 2.75) is 67.0 Å². The number of nitrogens with two attached hydrogens (primary N) is 1. The zero-order chi connectivity index (χ0) is 15.9. The van der Waals surface area contributed by atoms with Crippen molar-refractivity contribution >= 4 is 6.09 Å². The first-order valence-corrected chi connectivity index (χ1v) is 7.50. The second-order valence-corrected chi connectivity index (χ2v) is 8.68. The molecule has 0 heterocycles. The van der Waals surface area contributed by atoms with E-state index in [9.17, 15) is 4.79 Å². The van der Waals surface area contributed by atoms with Crippen molar-refractivity contribution in [3.05, 3.63) is 0 Å². The molecule has 0 aromatic rings. The molecule has 4 heteroatoms. The Morgan fingerprint density at radius 3 is 2.05 bits per heavy atom. The molecular weight excluding hydrogens is 252 g/mol. The van der Waals surface area contributed by atoms with E-state index in [2.05, 4.69) is 39.9 Å². The summed E-state index contributed by atoms with van der Waals surface area (Å²) in [6.07, 6.45) is -0.337. The lowest BCUT2D eigenvalue weighted by atomic mass is 9.81. The quantitative estimate of drug-likeness (QED) is 0.836. The number of nitrogens with one attached hydrogen (secondary N) is 1. The molecule has 3 N–H and O–H groups in total. The van der Waals surface area contributed by atoms with Crippen LogP contribution in [-0.2, 0) is 4.74 Å². The molecule has 1 amide bonds. The van der Waals surface area contributed by atoms with E-state index < -0.39 is 5.60 Å². The number of carbonyl (C=O) groups is 1. The van der Waals surface area contributed by atoms with Gasteiger partial charge in [-0.1, -0.05) is 34.6 Å². The molecule has 1 fully saturated rings. The molecule has 0 radical (unpaired) electrons. The predicted octanol–water partition coefficient (Wildman–Crippen LogP) is 3.16. The van der Waals surface area contributed by atoms with Crippen molar-refractivity contribution in [2.24, 2.45) is 28.4 Å². The van der Waals surface area contributed by atoms with Gasteiger partial charge in [0, 0.05) is 6.04 Å². The van der Waals surface area contributed by atoms with E-state index in [1.54, 1.807) is 0 Å². The van der Waals surface area contributed by atoms with Crippen LogP contribution in [0.4, 0.5) is 4.79 Å². The zero-order valence-corrected chi connectivity index (χ0v) is 14.3. The fourth-order valence-electron chi connectivity index (χ4n) is 3.18. The normalized spacial score (nSPS) is 26.9. The fraction of sp³-hybridized carbons (Fsp3) is 0.938. The molecule has 0 aliphatic heterocycles. The summed E-state index contributed by atoms with van der Waals surface area (Å²) >= 11 is 0. The van der Waals surface area contributed by atoms with E-state index in [4.69, 9.17) is 10.5 Å². The van der Waals surface area contributed by atoms with Gasteiger partial charge in [-0.05, 0) is 50.0 Å². The molecular formula is C16H32N2O2. The summed E-state index contributed by atoms with van der Waals surface area (Å²) in [5.41, 5.74) is 5.55. The maximum absolute atomic E-state index is 12.1. The van der Waals surface area contributed by atoms with E-state index in [0.717, 1.165) is 0 Å². The van der Waals surface area contributed by atoms with E-state index >= 15 is 0 Å². The summed E-state index contributed by atoms with van der Waals surface area (Å²) in [5, 5.41) is 3.08. The number of ether oxygens (including phenoxy) is 1. The molecule has 1 rings (SSSR count). The molecule has 1 aliphatic rings. The summed E-state index contributed by atoms with van der Waals surface area (Å²) in [7, 11) is 0. The molecule has 0 bridgehead atoms. The van der Waals surface area contributed by atoms with Crippen LogP contribution in [0.1, 0.15) is 55.4 Å². The highest BCUT2D eigenvalue weighted by molar-refractivity contribution is 5.68. The van der Waals surface area contributed by atoms with E-state index in [1.165, 1.54) is 0 Å². The monoisotopic (exact) mass is 284 g/mol. The van der Waals surface area contributed by atoms with Crippen LogP contribution in [0.15, 0.2) is 0 Å². The predicted molar refractivity (Wildman–Crippen MR) is 82.4 cm³/mol. The fourth-order valence-corrected chi connectivity index (χ4v) is 3.18. The summed E-state index contributed by atoms with van der Waals surface area (Å²) in [6.45, 7) is 17.2. The van der Waals surface area contributed by atoms with Crippen LogP contribution >= 0.6 is 0 Å². The Kier molecular flexibility index (Phi) is 4.50. The lowest BCUT2D eigenvalue weighted by Crippen LogP contribution is -2.48. The molecule has 1 saturated carbocycles. The van der Waals surface area contributed by atoms with Gasteiger partial charge in [0.25, 0.3) is 0 Å². The SMILES string of the molecule is CC(C)(C)OC(=O)NC(C1C(CN)C1(C)C)C(C)(C)C. The standard InChI is InChI=1S/C16H32N2O2/c1-14(2,3)12(11-10(9-17)16(11,7)8)18-13(19)20-15(4,5)6/h10-12H,9,17H2,1-8H3,(H,18,19). The van der Waals surface area contributed by atoms with Crippen LogP contribution in [0, 0.1) is 22.7 Å². The molecule has 4 nitrogen and oxygen atoms in total. The summed E-state index contributed by atoms with van der Waals surface area (Å²) < 4.78 is 5.40. The Balaban J connectivity index is 2.81. The van der Waals surface area contributed by atoms with Gasteiger partial charge in [-0.25, -0.2) is 4.79 Å². The topological polar surface area (TPSA) is 64.3 Å². The van der Waals surface area contributed by atoms with Crippen molar-refractivity contribution < 1.29 is 9.53 Å². The summed E-state index contributed by atoms with van der Waals surface area (Å²) in [4.78, 5) is 12.1. The number of rotatable bonds is 3. The summed E-state index contributed by atoms with van der Waals surface area (Å²) in [5.74, 6) is 0.863. The Hall–Kier alpha value is -0.770. The van der Waals surface area contributed by atoms with Gasteiger partial charge in [-0.3, -0.25) is 0 Å². The van der Waals surface area contributed by atoms with Crippen molar-refractivity contribution in [3.8, 4) is 0 Å². The molecule has 3 atom stereocenters. The third-order valence-corrected chi connectivity index (χ3v) is 4.36. The second-order valence-electron chi connectivity index (χ2n) is 8.68. The van der Waals surface area contributed by atoms with Crippen LogP contribution in [0.3, 0.4) is 0 Å². The van der Waals surface area contributed by atoms with Gasteiger partial charge in [-0.15, -0.1) is 0 Å². The molecule has 0 spiro atoms. The van der Waals surface area contributed by atoms with Crippen LogP contribution < -0.4 is 11.1 Å². The van der Waals surface area contributed by atoms with Gasteiger partial charge in [0.2, 0.25) is 0 Å². The van der Waals surface area contributed by atoms with Crippen LogP contribution in [0.2, 0.25) is 0 Å². The molecule has 0 aromatic carbocycles. The molecule has 0 aromatic heterocycles. The van der Waals surface area contributed by atoms with Crippen molar-refractivity contribution in [1.82, 2.24) is 5.32 Å². The van der Waals surface area contributed by atoms with Crippen LogP contribution in [0.5, 0.6) is 0 Å². The van der Waals surface area contributed by atoms with Crippen molar-refractivity contribution in [1.29, 1.82) is 0 Å². The third kappa shape index (κ3) is 3.87. The Bertz CT molecular complexity index is 364. The van der Waals surface area contributed by atoms with Crippen molar-refractivity contribution in [3.63, 3.8) is 0 Å². The van der Waals surface area contributed by atoms with E-state index in [0.29, 0.717) is 18.4 Å². The number of hydrogen-bond donors (Lipinski definition) is 2. The molecule has 3 unspecified atom stereocenters. The van der Waals surface area contributed by atoms with E-state index in [1.807, 2.05) is 20.8 Å². The highest BCUT2D eigenvalue weighted by Gasteiger charge is 2.62. The first-order valence-electron chi connectivity index (χ1n) is 7.50. The summed E-state index contributed by atoms with van der Waals surface area (Å²) in [6, 6.07) is 0.0703. The highest BCUT2D eigenvalue weighted by Crippen LogP contribution is 2.61. The van der Waals surface area contributed by atoms with Gasteiger partial charge in [0.1, 0.15) is 5.60 Å². The van der Waals surface area contributed by atoms with Gasteiger partial charge < -0.3 is 15.8 Å². The molecule has 118 valence electrons. The highest BCUT2D eigenvalue weighted by atomic mass is 16.6. The Morgan fingerprint density at radius 2 is 1.75 bits per heavy atom. The lowest BCUT2D eigenvalue weighted by molar-refractivity contribution is 0.0442. The minimum atomic E-state index is -0.473. The number of alkyl carbamates (subject to hydrolysis) is 1. The van der Waals surface area contributed by atoms with E-state index in [-0.39, 0.29) is 23.0 Å². The Labute approximate surface area is 123 Å². The average Bonchev–Trinajstić information content (AvgIpc) is 2.72. The van der Waals surface area contributed by atoms with Gasteiger partial charge >= 0.3 is 6.09 Å². The minimum Gasteiger partial charge on any atom is -0.444 e. The first-order chi connectivity index (χ1) is 8.80. The lowest BCUT2D eigenvalue weighted by Gasteiger charge is -2.34. The third-order valence-electron chi connectivity index (χ3n) is 4.36. The maximum Gasteiger partial charge on any atom is 0.407 e. The largest absolute Gasteiger partial charge is 0.444 e. The molecule has 20 heavy (non-hydrogen) atoms. The maximum atomic E-state index is 12.1. The van der Waals surface area contributed by atoms with Crippen LogP contribution in [-0.4, -0.2) is 24.3 Å². The molecule has 1 aliphatic carbocycles. The minimum absolute atomic E-state index is 0.0250. The smallest absolute Gasteiger partial charge is 0.407 e. The number of hydrogen-bond acceptors (Lipinski definition) is 3. The van der Waals surface area contributed by atoms with Gasteiger partial charge in [0.05, 0.1) is 0 Å².